The zero-order chi connectivity index (χ0) is 24.7. The number of nitrogens with zero attached hydrogens (tertiary/aromatic N) is 4. The summed E-state index contributed by atoms with van der Waals surface area (Å²) in [6, 6.07) is 14.8. The highest BCUT2D eigenvalue weighted by Crippen LogP contribution is 2.43. The number of thioether (sulfide) groups is 1. The predicted molar refractivity (Wildman–Crippen MR) is 147 cm³/mol. The molecule has 0 radical (unpaired) electrons. The molecule has 0 spiro atoms. The second-order valence-electron chi connectivity index (χ2n) is 10.3. The topological polar surface area (TPSA) is 48.4 Å². The van der Waals surface area contributed by atoms with Crippen LogP contribution >= 0.6 is 11.8 Å². The van der Waals surface area contributed by atoms with Crippen molar-refractivity contribution >= 4 is 46.0 Å². The summed E-state index contributed by atoms with van der Waals surface area (Å²) in [7, 11) is 3.97. The molecule has 0 aliphatic carbocycles. The fraction of sp³-hybridized carbons (Fsp3) is 0.429. The van der Waals surface area contributed by atoms with Crippen molar-refractivity contribution in [2.24, 2.45) is 4.99 Å². The van der Waals surface area contributed by atoms with E-state index in [1.807, 2.05) is 18.2 Å². The van der Waals surface area contributed by atoms with Gasteiger partial charge in [-0.25, -0.2) is 4.99 Å². The third kappa shape index (κ3) is 4.71. The van der Waals surface area contributed by atoms with Crippen LogP contribution in [-0.4, -0.2) is 61.9 Å². The number of amides is 1. The van der Waals surface area contributed by atoms with Crippen LogP contribution in [0.2, 0.25) is 0 Å². The van der Waals surface area contributed by atoms with Gasteiger partial charge in [-0.15, -0.1) is 0 Å². The smallest absolute Gasteiger partial charge is 0.266 e. The van der Waals surface area contributed by atoms with Crippen LogP contribution in [0.4, 0.5) is 17.1 Å². The van der Waals surface area contributed by atoms with Gasteiger partial charge in [0.2, 0.25) is 0 Å². The average Bonchev–Trinajstić information content (AvgIpc) is 3.11. The van der Waals surface area contributed by atoms with E-state index in [2.05, 4.69) is 68.0 Å². The van der Waals surface area contributed by atoms with E-state index in [0.717, 1.165) is 44.0 Å². The van der Waals surface area contributed by atoms with Gasteiger partial charge < -0.3 is 14.5 Å². The first-order valence-corrected chi connectivity index (χ1v) is 13.1. The fourth-order valence-corrected chi connectivity index (χ4v) is 6.15. The molecule has 0 saturated carbocycles. The van der Waals surface area contributed by atoms with Crippen molar-refractivity contribution in [3.63, 3.8) is 0 Å². The number of aliphatic imine (C=N–C) groups is 1. The van der Waals surface area contributed by atoms with Gasteiger partial charge in [0, 0.05) is 44.1 Å². The minimum absolute atomic E-state index is 0.0114. The molecule has 2 aromatic carbocycles. The molecule has 184 valence electrons. The highest BCUT2D eigenvalue weighted by Gasteiger charge is 2.34. The summed E-state index contributed by atoms with van der Waals surface area (Å²) >= 11 is 1.44. The normalized spacial score (nSPS) is 24.4. The van der Waals surface area contributed by atoms with Crippen molar-refractivity contribution in [3.8, 4) is 0 Å². The zero-order valence-electron chi connectivity index (χ0n) is 21.2. The minimum atomic E-state index is -0.0114. The van der Waals surface area contributed by atoms with Gasteiger partial charge in [0.25, 0.3) is 5.91 Å². The van der Waals surface area contributed by atoms with Crippen LogP contribution in [0.25, 0.3) is 6.08 Å². The van der Waals surface area contributed by atoms with Crippen LogP contribution in [0.15, 0.2) is 52.4 Å². The molecule has 2 aromatic rings. The molecule has 5 rings (SSSR count). The molecule has 2 saturated heterocycles. The minimum Gasteiger partial charge on any atom is -0.378 e. The number of benzene rings is 2. The molecule has 3 aliphatic heterocycles. The van der Waals surface area contributed by atoms with Crippen molar-refractivity contribution in [3.05, 3.63) is 58.5 Å². The summed E-state index contributed by atoms with van der Waals surface area (Å²) in [6.45, 7) is 10.2. The Kier molecular flexibility index (Phi) is 6.40. The Bertz CT molecular complexity index is 1180. The summed E-state index contributed by atoms with van der Waals surface area (Å²) in [4.78, 5) is 24.8. The van der Waals surface area contributed by atoms with Crippen molar-refractivity contribution in [1.29, 1.82) is 0 Å². The number of hydrogen-bond acceptors (Lipinski definition) is 6. The predicted octanol–water partition coefficient (Wildman–Crippen LogP) is 5.48. The van der Waals surface area contributed by atoms with Crippen molar-refractivity contribution in [1.82, 2.24) is 4.90 Å². The van der Waals surface area contributed by atoms with E-state index in [1.54, 1.807) is 11.9 Å². The molecule has 0 bridgehead atoms. The van der Waals surface area contributed by atoms with Crippen LogP contribution in [-0.2, 0) is 9.53 Å². The van der Waals surface area contributed by atoms with Crippen LogP contribution in [0, 0.1) is 0 Å². The van der Waals surface area contributed by atoms with Gasteiger partial charge in [0.1, 0.15) is 0 Å². The standard InChI is InChI=1S/C28H34N4O2S/c1-19-18-28(2,3)31(5)24-11-6-20(16-23(19)24)17-25-26(33)30(4)27(35-25)29-21-7-9-22(10-8-21)32-12-14-34-15-13-32/h6-11,16-17,19H,12-15,18H2,1-5H3/b25-17-,29-27?. The molecule has 7 heteroatoms. The maximum Gasteiger partial charge on any atom is 0.266 e. The number of carbonyl (C=O) groups is 1. The van der Waals surface area contributed by atoms with Gasteiger partial charge in [0.15, 0.2) is 5.17 Å². The molecule has 3 heterocycles. The number of carbonyl (C=O) groups excluding carboxylic acids is 1. The highest BCUT2D eigenvalue weighted by molar-refractivity contribution is 8.18. The van der Waals surface area contributed by atoms with E-state index in [-0.39, 0.29) is 11.4 Å². The van der Waals surface area contributed by atoms with Gasteiger partial charge in [0.05, 0.1) is 23.8 Å². The number of amidine groups is 1. The average molecular weight is 491 g/mol. The SMILES string of the molecule is CC1CC(C)(C)N(C)c2ccc(/C=C3\SC(=Nc4ccc(N5CCOCC5)cc4)N(C)C3=O)cc21. The zero-order valence-corrected chi connectivity index (χ0v) is 22.1. The van der Waals surface area contributed by atoms with E-state index in [4.69, 9.17) is 9.73 Å². The summed E-state index contributed by atoms with van der Waals surface area (Å²) in [5, 5.41) is 0.702. The first kappa shape index (κ1) is 23.9. The molecule has 35 heavy (non-hydrogen) atoms. The van der Waals surface area contributed by atoms with Gasteiger partial charge in [-0.05, 0) is 91.5 Å². The van der Waals surface area contributed by atoms with Crippen LogP contribution in [0.3, 0.4) is 0 Å². The lowest BCUT2D eigenvalue weighted by atomic mass is 9.80. The molecule has 3 aliphatic rings. The molecule has 1 amide bonds. The lowest BCUT2D eigenvalue weighted by Crippen LogP contribution is -2.45. The molecule has 6 nitrogen and oxygen atoms in total. The van der Waals surface area contributed by atoms with Crippen LogP contribution < -0.4 is 9.80 Å². The Hall–Kier alpha value is -2.77. The molecular weight excluding hydrogens is 456 g/mol. The Morgan fingerprint density at radius 1 is 1.09 bits per heavy atom. The molecule has 0 N–H and O–H groups in total. The number of ether oxygens (including phenoxy) is 1. The van der Waals surface area contributed by atoms with E-state index in [9.17, 15) is 4.79 Å². The number of likely N-dealkylation sites (N-methyl/N-ethyl adjacent to an activating group) is 1. The number of anilines is 2. The Labute approximate surface area is 212 Å². The van der Waals surface area contributed by atoms with E-state index >= 15 is 0 Å². The summed E-state index contributed by atoms with van der Waals surface area (Å²) < 4.78 is 5.44. The van der Waals surface area contributed by atoms with Crippen LogP contribution in [0.1, 0.15) is 44.2 Å². The lowest BCUT2D eigenvalue weighted by Gasteiger charge is -2.45. The third-order valence-electron chi connectivity index (χ3n) is 7.41. The largest absolute Gasteiger partial charge is 0.378 e. The number of rotatable bonds is 3. The molecule has 1 unspecified atom stereocenters. The fourth-order valence-electron chi connectivity index (χ4n) is 5.16. The van der Waals surface area contributed by atoms with E-state index in [1.165, 1.54) is 28.7 Å². The van der Waals surface area contributed by atoms with Crippen LogP contribution in [0.5, 0.6) is 0 Å². The third-order valence-corrected chi connectivity index (χ3v) is 8.47. The van der Waals surface area contributed by atoms with E-state index < -0.39 is 0 Å². The number of morpholine rings is 1. The van der Waals surface area contributed by atoms with Gasteiger partial charge in [-0.3, -0.25) is 9.69 Å². The van der Waals surface area contributed by atoms with Crippen molar-refractivity contribution in [2.75, 3.05) is 50.2 Å². The van der Waals surface area contributed by atoms with Crippen molar-refractivity contribution < 1.29 is 9.53 Å². The summed E-state index contributed by atoms with van der Waals surface area (Å²) in [5.74, 6) is 0.462. The molecule has 0 aromatic heterocycles. The number of fused-ring (bicyclic) bond motifs is 1. The molecule has 1 atom stereocenters. The quantitative estimate of drug-likeness (QED) is 0.534. The summed E-state index contributed by atoms with van der Waals surface area (Å²) in [5.41, 5.74) is 5.85. The Morgan fingerprint density at radius 2 is 1.80 bits per heavy atom. The number of hydrogen-bond donors (Lipinski definition) is 0. The monoisotopic (exact) mass is 490 g/mol. The maximum atomic E-state index is 13.0. The Balaban J connectivity index is 1.35. The second kappa shape index (κ2) is 9.36. The molecule has 2 fully saturated rings. The Morgan fingerprint density at radius 3 is 2.51 bits per heavy atom. The first-order chi connectivity index (χ1) is 16.7. The van der Waals surface area contributed by atoms with Gasteiger partial charge in [-0.1, -0.05) is 13.0 Å². The first-order valence-electron chi connectivity index (χ1n) is 12.3. The van der Waals surface area contributed by atoms with Gasteiger partial charge in [-0.2, -0.15) is 0 Å². The van der Waals surface area contributed by atoms with Gasteiger partial charge >= 0.3 is 0 Å². The van der Waals surface area contributed by atoms with E-state index in [0.29, 0.717) is 16.0 Å². The lowest BCUT2D eigenvalue weighted by molar-refractivity contribution is -0.121. The van der Waals surface area contributed by atoms with Crippen molar-refractivity contribution in [2.45, 2.75) is 38.6 Å². The highest BCUT2D eigenvalue weighted by atomic mass is 32.2. The second-order valence-corrected chi connectivity index (χ2v) is 11.3. The summed E-state index contributed by atoms with van der Waals surface area (Å²) in [6.07, 6.45) is 3.11. The molecular formula is C28H34N4O2S. The maximum absolute atomic E-state index is 13.0.